The highest BCUT2D eigenvalue weighted by Crippen LogP contribution is 2.41. The lowest BCUT2D eigenvalue weighted by Crippen LogP contribution is -1.91. The van der Waals surface area contributed by atoms with Crippen LogP contribution in [0, 0.1) is 0 Å². The van der Waals surface area contributed by atoms with Crippen molar-refractivity contribution < 1.29 is 8.83 Å². The van der Waals surface area contributed by atoms with Crippen LogP contribution in [0.25, 0.3) is 71.2 Å². The number of rotatable bonds is 0. The van der Waals surface area contributed by atoms with Crippen molar-refractivity contribution in [2.24, 2.45) is 0 Å². The molecule has 0 aliphatic heterocycles. The maximum absolute atomic E-state index is 6.33. The molecule has 0 aliphatic rings. The molecule has 0 unspecified atom stereocenters. The second kappa shape index (κ2) is 5.21. The lowest BCUT2D eigenvalue weighted by Gasteiger charge is -2.08. The number of pyridine rings is 2. The molecule has 0 atom stereocenters. The van der Waals surface area contributed by atoms with E-state index in [0.717, 1.165) is 71.2 Å². The molecule has 0 spiro atoms. The average Bonchev–Trinajstić information content (AvgIpc) is 3.52. The third kappa shape index (κ3) is 1.82. The standard InChI is InChI=1S/C26H13N3O2/c1-2-4-20-15(3-1)24-21(30-20)5-6-22-25(24)17-11-16-18-13-27-8-7-14(18)26-28-9-10-29(26)19(16)12-23(17)31-22/h1-13H. The van der Waals surface area contributed by atoms with E-state index in [-0.39, 0.29) is 0 Å². The highest BCUT2D eigenvalue weighted by molar-refractivity contribution is 6.27. The molecule has 0 amide bonds. The minimum atomic E-state index is 0.846. The van der Waals surface area contributed by atoms with Crippen molar-refractivity contribution >= 4 is 71.2 Å². The van der Waals surface area contributed by atoms with Gasteiger partial charge in [-0.05, 0) is 30.3 Å². The Morgan fingerprint density at radius 2 is 1.48 bits per heavy atom. The van der Waals surface area contributed by atoms with Crippen LogP contribution in [0.3, 0.4) is 0 Å². The molecule has 5 heterocycles. The molecule has 8 rings (SSSR count). The van der Waals surface area contributed by atoms with E-state index in [1.165, 1.54) is 0 Å². The van der Waals surface area contributed by atoms with Crippen LogP contribution in [-0.4, -0.2) is 14.4 Å². The fourth-order valence-electron chi connectivity index (χ4n) is 5.03. The summed E-state index contributed by atoms with van der Waals surface area (Å²) in [5, 5.41) is 7.63. The Kier molecular flexibility index (Phi) is 2.60. The molecule has 0 aliphatic carbocycles. The van der Waals surface area contributed by atoms with Gasteiger partial charge in [0, 0.05) is 68.6 Å². The fraction of sp³-hybridized carbons (Fsp3) is 0. The maximum atomic E-state index is 6.33. The first-order chi connectivity index (χ1) is 15.4. The molecule has 0 saturated carbocycles. The third-order valence-electron chi connectivity index (χ3n) is 6.34. The van der Waals surface area contributed by atoms with Crippen LogP contribution < -0.4 is 0 Å². The molecular formula is C26H13N3O2. The van der Waals surface area contributed by atoms with Gasteiger partial charge in [0.1, 0.15) is 28.0 Å². The summed E-state index contributed by atoms with van der Waals surface area (Å²) in [5.41, 5.74) is 5.42. The lowest BCUT2D eigenvalue weighted by atomic mass is 10.0. The predicted octanol–water partition coefficient (Wildman–Crippen LogP) is 6.83. The van der Waals surface area contributed by atoms with Gasteiger partial charge in [-0.1, -0.05) is 18.2 Å². The quantitative estimate of drug-likeness (QED) is 0.262. The van der Waals surface area contributed by atoms with Crippen molar-refractivity contribution in [2.45, 2.75) is 0 Å². The van der Waals surface area contributed by atoms with Crippen molar-refractivity contribution in [3.8, 4) is 0 Å². The van der Waals surface area contributed by atoms with Gasteiger partial charge in [-0.2, -0.15) is 0 Å². The van der Waals surface area contributed by atoms with E-state index < -0.39 is 0 Å². The molecule has 0 N–H and O–H groups in total. The van der Waals surface area contributed by atoms with Gasteiger partial charge in [-0.15, -0.1) is 0 Å². The largest absolute Gasteiger partial charge is 0.456 e. The third-order valence-corrected chi connectivity index (χ3v) is 6.34. The molecule has 5 heteroatoms. The van der Waals surface area contributed by atoms with Gasteiger partial charge in [-0.25, -0.2) is 4.98 Å². The molecule has 0 saturated heterocycles. The summed E-state index contributed by atoms with van der Waals surface area (Å²) in [6.07, 6.45) is 7.56. The van der Waals surface area contributed by atoms with Gasteiger partial charge in [0.2, 0.25) is 0 Å². The smallest absolute Gasteiger partial charge is 0.145 e. The van der Waals surface area contributed by atoms with Crippen LogP contribution in [0.5, 0.6) is 0 Å². The second-order valence-electron chi connectivity index (χ2n) is 7.92. The molecule has 8 aromatic rings. The van der Waals surface area contributed by atoms with Gasteiger partial charge in [0.15, 0.2) is 0 Å². The zero-order valence-corrected chi connectivity index (χ0v) is 16.2. The van der Waals surface area contributed by atoms with E-state index in [4.69, 9.17) is 8.83 Å². The van der Waals surface area contributed by atoms with Crippen molar-refractivity contribution in [3.05, 3.63) is 79.4 Å². The molecule has 0 fully saturated rings. The molecule has 144 valence electrons. The van der Waals surface area contributed by atoms with E-state index in [1.54, 1.807) is 0 Å². The maximum Gasteiger partial charge on any atom is 0.145 e. The Labute approximate surface area is 174 Å². The van der Waals surface area contributed by atoms with E-state index in [0.29, 0.717) is 0 Å². The SMILES string of the molecule is c1ccc2c(c1)oc1ccc3oc4cc5c(cc4c3c12)c1cnccc1c1nccn51. The van der Waals surface area contributed by atoms with Gasteiger partial charge >= 0.3 is 0 Å². The topological polar surface area (TPSA) is 56.5 Å². The van der Waals surface area contributed by atoms with Crippen LogP contribution in [0.1, 0.15) is 0 Å². The first kappa shape index (κ1) is 15.5. The summed E-state index contributed by atoms with van der Waals surface area (Å²) in [5.74, 6) is 0. The number of aromatic nitrogens is 3. The van der Waals surface area contributed by atoms with Gasteiger partial charge in [-0.3, -0.25) is 9.38 Å². The molecule has 0 radical (unpaired) electrons. The van der Waals surface area contributed by atoms with Crippen molar-refractivity contribution in [1.29, 1.82) is 0 Å². The number of imidazole rings is 1. The zero-order chi connectivity index (χ0) is 20.1. The predicted molar refractivity (Wildman–Crippen MR) is 123 cm³/mol. The minimum Gasteiger partial charge on any atom is -0.456 e. The van der Waals surface area contributed by atoms with E-state index >= 15 is 0 Å². The number of hydrogen-bond acceptors (Lipinski definition) is 4. The zero-order valence-electron chi connectivity index (χ0n) is 16.2. The number of para-hydroxylation sites is 1. The van der Waals surface area contributed by atoms with Crippen LogP contribution in [0.2, 0.25) is 0 Å². The van der Waals surface area contributed by atoms with E-state index in [1.807, 2.05) is 61.2 Å². The molecule has 5 nitrogen and oxygen atoms in total. The second-order valence-corrected chi connectivity index (χ2v) is 7.92. The van der Waals surface area contributed by atoms with Gasteiger partial charge in [0.05, 0.1) is 5.52 Å². The number of nitrogens with zero attached hydrogens (tertiary/aromatic N) is 3. The van der Waals surface area contributed by atoms with Crippen molar-refractivity contribution in [2.75, 3.05) is 0 Å². The Morgan fingerprint density at radius 3 is 2.42 bits per heavy atom. The van der Waals surface area contributed by atoms with Crippen LogP contribution in [0.4, 0.5) is 0 Å². The molecule has 0 bridgehead atoms. The summed E-state index contributed by atoms with van der Waals surface area (Å²) in [6.45, 7) is 0. The first-order valence-corrected chi connectivity index (χ1v) is 10.2. The van der Waals surface area contributed by atoms with Crippen molar-refractivity contribution in [1.82, 2.24) is 14.4 Å². The Hall–Kier alpha value is -4.38. The molecular weight excluding hydrogens is 386 g/mol. The summed E-state index contributed by atoms with van der Waals surface area (Å²) >= 11 is 0. The number of furan rings is 2. The lowest BCUT2D eigenvalue weighted by molar-refractivity contribution is 0.663. The fourth-order valence-corrected chi connectivity index (χ4v) is 5.03. The number of benzene rings is 3. The monoisotopic (exact) mass is 399 g/mol. The van der Waals surface area contributed by atoms with E-state index in [2.05, 4.69) is 32.6 Å². The highest BCUT2D eigenvalue weighted by atomic mass is 16.3. The molecule has 3 aromatic carbocycles. The average molecular weight is 399 g/mol. The number of hydrogen-bond donors (Lipinski definition) is 0. The molecule has 31 heavy (non-hydrogen) atoms. The van der Waals surface area contributed by atoms with E-state index in [9.17, 15) is 0 Å². The summed E-state index contributed by atoms with van der Waals surface area (Å²) < 4.78 is 14.6. The number of fused-ring (bicyclic) bond motifs is 13. The normalized spacial score (nSPS) is 12.5. The summed E-state index contributed by atoms with van der Waals surface area (Å²) in [4.78, 5) is 8.97. The van der Waals surface area contributed by atoms with Crippen LogP contribution in [0.15, 0.2) is 88.2 Å². The van der Waals surface area contributed by atoms with Crippen molar-refractivity contribution in [3.63, 3.8) is 0 Å². The summed E-state index contributed by atoms with van der Waals surface area (Å²) in [6, 6.07) is 18.5. The first-order valence-electron chi connectivity index (χ1n) is 10.2. The van der Waals surface area contributed by atoms with Gasteiger partial charge in [0.25, 0.3) is 0 Å². The Morgan fingerprint density at radius 1 is 0.645 bits per heavy atom. The Bertz CT molecular complexity index is 2010. The summed E-state index contributed by atoms with van der Waals surface area (Å²) in [7, 11) is 0. The Balaban J connectivity index is 1.67. The van der Waals surface area contributed by atoms with Gasteiger partial charge < -0.3 is 8.83 Å². The molecule has 5 aromatic heterocycles. The minimum absolute atomic E-state index is 0.846. The van der Waals surface area contributed by atoms with Crippen LogP contribution in [-0.2, 0) is 0 Å². The van der Waals surface area contributed by atoms with Crippen LogP contribution >= 0.6 is 0 Å². The highest BCUT2D eigenvalue weighted by Gasteiger charge is 2.18.